The van der Waals surface area contributed by atoms with Gasteiger partial charge in [-0.1, -0.05) is 123 Å². The van der Waals surface area contributed by atoms with Gasteiger partial charge in [0.25, 0.3) is 0 Å². The lowest BCUT2D eigenvalue weighted by Gasteiger charge is -2.46. The van der Waals surface area contributed by atoms with Crippen LogP contribution in [0.5, 0.6) is 0 Å². The highest BCUT2D eigenvalue weighted by Gasteiger charge is 2.59. The van der Waals surface area contributed by atoms with Gasteiger partial charge in [0.1, 0.15) is 0 Å². The minimum Gasteiger partial charge on any atom is -0.481 e. The molecule has 0 aromatic carbocycles. The molecule has 2 atom stereocenters. The number of rotatable bonds is 19. The Balaban J connectivity index is 2.17. The molecule has 0 aromatic rings. The van der Waals surface area contributed by atoms with Crippen LogP contribution in [0.25, 0.3) is 0 Å². The van der Waals surface area contributed by atoms with E-state index in [0.717, 1.165) is 25.2 Å². The first-order valence-corrected chi connectivity index (χ1v) is 13.4. The summed E-state index contributed by atoms with van der Waals surface area (Å²) >= 11 is 0. The largest absolute Gasteiger partial charge is 0.481 e. The van der Waals surface area contributed by atoms with E-state index in [1.807, 2.05) is 19.1 Å². The Morgan fingerprint density at radius 3 is 1.44 bits per heavy atom. The lowest BCUT2D eigenvalue weighted by molar-refractivity contribution is -0.176. The quantitative estimate of drug-likeness (QED) is 0.153. The van der Waals surface area contributed by atoms with E-state index >= 15 is 0 Å². The van der Waals surface area contributed by atoms with E-state index < -0.39 is 22.8 Å². The third-order valence-electron chi connectivity index (χ3n) is 7.82. The van der Waals surface area contributed by atoms with Crippen molar-refractivity contribution >= 4 is 11.9 Å². The fraction of sp³-hybridized carbons (Fsp3) is 0.857. The Kier molecular flexibility index (Phi) is 13.9. The van der Waals surface area contributed by atoms with Crippen molar-refractivity contribution in [1.29, 1.82) is 0 Å². The molecule has 1 aliphatic carbocycles. The number of carbonyl (C=O) groups is 2. The summed E-state index contributed by atoms with van der Waals surface area (Å²) in [6.07, 6.45) is 22.9. The third-order valence-corrected chi connectivity index (χ3v) is 7.82. The maximum Gasteiger partial charge on any atom is 0.311 e. The van der Waals surface area contributed by atoms with Crippen LogP contribution in [0, 0.1) is 16.7 Å². The Morgan fingerprint density at radius 2 is 1.06 bits per heavy atom. The average Bonchev–Trinajstić information content (AvgIpc) is 2.76. The van der Waals surface area contributed by atoms with Gasteiger partial charge in [0, 0.05) is 0 Å². The Labute approximate surface area is 197 Å². The van der Waals surface area contributed by atoms with Gasteiger partial charge in [0.2, 0.25) is 0 Å². The molecule has 0 saturated carbocycles. The maximum absolute atomic E-state index is 12.2. The van der Waals surface area contributed by atoms with Crippen LogP contribution in [0.3, 0.4) is 0 Å². The fourth-order valence-electron chi connectivity index (χ4n) is 5.55. The molecular weight excluding hydrogens is 400 g/mol. The molecule has 32 heavy (non-hydrogen) atoms. The van der Waals surface area contributed by atoms with E-state index in [1.165, 1.54) is 70.6 Å². The molecule has 1 rings (SSSR count). The van der Waals surface area contributed by atoms with Crippen LogP contribution in [0.2, 0.25) is 0 Å². The van der Waals surface area contributed by atoms with Gasteiger partial charge in [0.15, 0.2) is 0 Å². The van der Waals surface area contributed by atoms with Crippen LogP contribution >= 0.6 is 0 Å². The van der Waals surface area contributed by atoms with Gasteiger partial charge in [-0.05, 0) is 31.6 Å². The van der Waals surface area contributed by atoms with Gasteiger partial charge in [-0.25, -0.2) is 0 Å². The first-order valence-electron chi connectivity index (χ1n) is 13.4. The van der Waals surface area contributed by atoms with Gasteiger partial charge >= 0.3 is 11.9 Å². The summed E-state index contributed by atoms with van der Waals surface area (Å²) in [5.74, 6) is -1.05. The van der Waals surface area contributed by atoms with Crippen LogP contribution in [-0.4, -0.2) is 22.2 Å². The third kappa shape index (κ3) is 8.56. The molecule has 0 aliphatic heterocycles. The molecule has 4 heteroatoms. The molecule has 4 nitrogen and oxygen atoms in total. The second kappa shape index (κ2) is 15.5. The van der Waals surface area contributed by atoms with Gasteiger partial charge in [0.05, 0.1) is 10.8 Å². The zero-order valence-electron chi connectivity index (χ0n) is 21.2. The number of unbranched alkanes of at least 4 members (excludes halogenated alkanes) is 12. The summed E-state index contributed by atoms with van der Waals surface area (Å²) in [6, 6.07) is 0. The molecule has 0 fully saturated rings. The van der Waals surface area contributed by atoms with Gasteiger partial charge in [-0.3, -0.25) is 9.59 Å². The Hall–Kier alpha value is -1.32. The maximum atomic E-state index is 12.2. The summed E-state index contributed by atoms with van der Waals surface area (Å²) in [5.41, 5.74) is -2.35. The molecule has 2 N–H and O–H groups in total. The van der Waals surface area contributed by atoms with Crippen LogP contribution in [0.4, 0.5) is 0 Å². The first kappa shape index (κ1) is 28.7. The average molecular weight is 451 g/mol. The summed E-state index contributed by atoms with van der Waals surface area (Å²) in [4.78, 5) is 24.4. The van der Waals surface area contributed by atoms with Gasteiger partial charge < -0.3 is 10.2 Å². The summed E-state index contributed by atoms with van der Waals surface area (Å²) in [5, 5.41) is 19.9. The predicted molar refractivity (Wildman–Crippen MR) is 133 cm³/mol. The summed E-state index contributed by atoms with van der Waals surface area (Å²) < 4.78 is 0. The van der Waals surface area contributed by atoms with E-state index in [9.17, 15) is 19.8 Å². The Morgan fingerprint density at radius 1 is 0.688 bits per heavy atom. The molecule has 0 radical (unpaired) electrons. The highest BCUT2D eigenvalue weighted by atomic mass is 16.4. The minimum absolute atomic E-state index is 0.322. The van der Waals surface area contributed by atoms with Crippen molar-refractivity contribution in [2.45, 2.75) is 136 Å². The molecule has 0 bridgehead atoms. The number of aliphatic carboxylic acids is 2. The normalized spacial score (nSPS) is 23.0. The fourth-order valence-corrected chi connectivity index (χ4v) is 5.55. The monoisotopic (exact) mass is 450 g/mol. The Bertz CT molecular complexity index is 568. The second-order valence-electron chi connectivity index (χ2n) is 10.5. The highest BCUT2D eigenvalue weighted by Crippen LogP contribution is 2.54. The van der Waals surface area contributed by atoms with Crippen molar-refractivity contribution in [3.63, 3.8) is 0 Å². The highest BCUT2D eigenvalue weighted by molar-refractivity contribution is 5.87. The van der Waals surface area contributed by atoms with Crippen LogP contribution in [0.1, 0.15) is 136 Å². The van der Waals surface area contributed by atoms with Crippen molar-refractivity contribution < 1.29 is 19.8 Å². The van der Waals surface area contributed by atoms with Crippen molar-refractivity contribution in [3.05, 3.63) is 12.2 Å². The van der Waals surface area contributed by atoms with Gasteiger partial charge in [-0.2, -0.15) is 0 Å². The smallest absolute Gasteiger partial charge is 0.311 e. The molecule has 2 unspecified atom stereocenters. The molecule has 1 aliphatic rings. The van der Waals surface area contributed by atoms with Crippen LogP contribution < -0.4 is 0 Å². The van der Waals surface area contributed by atoms with E-state index in [-0.39, 0.29) is 0 Å². The van der Waals surface area contributed by atoms with E-state index in [1.54, 1.807) is 0 Å². The topological polar surface area (TPSA) is 74.6 Å². The van der Waals surface area contributed by atoms with Gasteiger partial charge in [-0.15, -0.1) is 0 Å². The molecular formula is C28H50O4. The van der Waals surface area contributed by atoms with Crippen molar-refractivity contribution in [1.82, 2.24) is 0 Å². The molecule has 0 aromatic heterocycles. The number of carboxylic acid groups (broad SMARTS) is 2. The number of hydrogen-bond acceptors (Lipinski definition) is 2. The standard InChI is InChI=1S/C28H50O4/c1-4-27(25(29)30)21-18-19-23-28(27,26(31)32)22-17-15-13-11-9-7-5-6-8-10-12-14-16-20-24(2)3/h18-19,24H,4-17,20-23H2,1-3H3,(H,29,30)(H,31,32). The SMILES string of the molecule is CCC1(C(=O)O)CC=CCC1(CCCCCCCCCCCCCCCC(C)C)C(=O)O. The molecule has 0 spiro atoms. The first-order chi connectivity index (χ1) is 15.3. The second-order valence-corrected chi connectivity index (χ2v) is 10.5. The van der Waals surface area contributed by atoms with E-state index in [4.69, 9.17) is 0 Å². The van der Waals surface area contributed by atoms with E-state index in [0.29, 0.717) is 25.7 Å². The zero-order chi connectivity index (χ0) is 23.9. The molecule has 0 saturated heterocycles. The zero-order valence-corrected chi connectivity index (χ0v) is 21.2. The van der Waals surface area contributed by atoms with Crippen molar-refractivity contribution in [3.8, 4) is 0 Å². The summed E-state index contributed by atoms with van der Waals surface area (Å²) in [7, 11) is 0. The van der Waals surface area contributed by atoms with Crippen molar-refractivity contribution in [2.24, 2.45) is 16.7 Å². The predicted octanol–water partition coefficient (Wildman–Crippen LogP) is 8.40. The lowest BCUT2D eigenvalue weighted by Crippen LogP contribution is -2.53. The van der Waals surface area contributed by atoms with Crippen LogP contribution in [0.15, 0.2) is 12.2 Å². The number of carboxylic acids is 2. The van der Waals surface area contributed by atoms with Crippen molar-refractivity contribution in [2.75, 3.05) is 0 Å². The minimum atomic E-state index is -1.18. The molecule has 0 amide bonds. The van der Waals surface area contributed by atoms with E-state index in [2.05, 4.69) is 13.8 Å². The van der Waals surface area contributed by atoms with Crippen LogP contribution in [-0.2, 0) is 9.59 Å². The number of hydrogen-bond donors (Lipinski definition) is 2. The molecule has 186 valence electrons. The summed E-state index contributed by atoms with van der Waals surface area (Å²) in [6.45, 7) is 6.42. The molecule has 0 heterocycles. The number of allylic oxidation sites excluding steroid dienone is 2. The lowest BCUT2D eigenvalue weighted by atomic mass is 9.54.